The summed E-state index contributed by atoms with van der Waals surface area (Å²) in [5, 5.41) is 9.73. The average molecular weight is 478 g/mol. The van der Waals surface area contributed by atoms with E-state index in [1.54, 1.807) is 0 Å². The van der Waals surface area contributed by atoms with Crippen LogP contribution in [0.1, 0.15) is 32.2 Å². The Kier molecular flexibility index (Phi) is 5.56. The fourth-order valence-electron chi connectivity index (χ4n) is 2.26. The van der Waals surface area contributed by atoms with Gasteiger partial charge in [-0.3, -0.25) is 9.59 Å². The molecule has 1 atom stereocenters. The third-order valence-electron chi connectivity index (χ3n) is 3.64. The zero-order valence-corrected chi connectivity index (χ0v) is 16.8. The van der Waals surface area contributed by atoms with Crippen LogP contribution in [0.3, 0.4) is 0 Å². The van der Waals surface area contributed by atoms with Crippen LogP contribution in [0.25, 0.3) is 0 Å². The SMILES string of the molecule is O=C(NCC(NC(=O)c1sccc1Br)C1CC1)c1sccc1Br. The van der Waals surface area contributed by atoms with Crippen LogP contribution in [-0.2, 0) is 0 Å². The number of thiophene rings is 2. The molecule has 8 heteroatoms. The molecule has 2 amide bonds. The van der Waals surface area contributed by atoms with E-state index in [9.17, 15) is 9.59 Å². The molecule has 0 spiro atoms. The minimum atomic E-state index is -0.107. The molecule has 1 unspecified atom stereocenters. The van der Waals surface area contributed by atoms with E-state index >= 15 is 0 Å². The molecule has 0 aromatic carbocycles. The van der Waals surface area contributed by atoms with Gasteiger partial charge in [0.15, 0.2) is 0 Å². The van der Waals surface area contributed by atoms with Gasteiger partial charge in [-0.15, -0.1) is 22.7 Å². The van der Waals surface area contributed by atoms with Crippen LogP contribution in [0, 0.1) is 5.92 Å². The summed E-state index contributed by atoms with van der Waals surface area (Å²) in [6.45, 7) is 0.447. The summed E-state index contributed by atoms with van der Waals surface area (Å²) in [5.74, 6) is 0.254. The van der Waals surface area contributed by atoms with E-state index in [0.717, 1.165) is 21.8 Å². The molecule has 23 heavy (non-hydrogen) atoms. The zero-order valence-electron chi connectivity index (χ0n) is 12.0. The van der Waals surface area contributed by atoms with E-state index in [0.29, 0.717) is 22.2 Å². The second kappa shape index (κ2) is 7.46. The van der Waals surface area contributed by atoms with E-state index < -0.39 is 0 Å². The van der Waals surface area contributed by atoms with Crippen molar-refractivity contribution in [3.05, 3.63) is 41.6 Å². The summed E-state index contributed by atoms with van der Waals surface area (Å²) in [6.07, 6.45) is 2.18. The van der Waals surface area contributed by atoms with Gasteiger partial charge in [0.05, 0.1) is 0 Å². The van der Waals surface area contributed by atoms with E-state index in [1.165, 1.54) is 22.7 Å². The van der Waals surface area contributed by atoms with Gasteiger partial charge in [-0.1, -0.05) is 0 Å². The molecule has 1 aliphatic rings. The predicted molar refractivity (Wildman–Crippen MR) is 100 cm³/mol. The lowest BCUT2D eigenvalue weighted by Gasteiger charge is -2.18. The van der Waals surface area contributed by atoms with Gasteiger partial charge < -0.3 is 10.6 Å². The first-order chi connectivity index (χ1) is 11.1. The Balaban J connectivity index is 1.59. The molecule has 3 rings (SSSR count). The van der Waals surface area contributed by atoms with Crippen molar-refractivity contribution in [2.75, 3.05) is 6.54 Å². The number of hydrogen-bond acceptors (Lipinski definition) is 4. The summed E-state index contributed by atoms with van der Waals surface area (Å²) in [5.41, 5.74) is 0. The molecule has 2 N–H and O–H groups in total. The van der Waals surface area contributed by atoms with Gasteiger partial charge in [0.25, 0.3) is 11.8 Å². The van der Waals surface area contributed by atoms with Crippen molar-refractivity contribution in [3.8, 4) is 0 Å². The summed E-state index contributed by atoms with van der Waals surface area (Å²) in [4.78, 5) is 25.9. The molecule has 1 saturated carbocycles. The number of amides is 2. The first-order valence-corrected chi connectivity index (χ1v) is 10.5. The molecule has 1 aliphatic carbocycles. The molecule has 0 aliphatic heterocycles. The second-order valence-electron chi connectivity index (χ2n) is 5.32. The van der Waals surface area contributed by atoms with Gasteiger partial charge in [0.2, 0.25) is 0 Å². The van der Waals surface area contributed by atoms with Crippen LogP contribution in [0.2, 0.25) is 0 Å². The lowest BCUT2D eigenvalue weighted by atomic mass is 10.1. The van der Waals surface area contributed by atoms with E-state index in [-0.39, 0.29) is 17.9 Å². The lowest BCUT2D eigenvalue weighted by Crippen LogP contribution is -2.44. The van der Waals surface area contributed by atoms with Crippen molar-refractivity contribution in [1.29, 1.82) is 0 Å². The molecule has 0 radical (unpaired) electrons. The summed E-state index contributed by atoms with van der Waals surface area (Å²) in [6, 6.07) is 3.69. The number of hydrogen-bond donors (Lipinski definition) is 2. The largest absolute Gasteiger partial charge is 0.349 e. The van der Waals surface area contributed by atoms with Crippen LogP contribution < -0.4 is 10.6 Å². The highest BCUT2D eigenvalue weighted by molar-refractivity contribution is 9.11. The molecule has 4 nitrogen and oxygen atoms in total. The van der Waals surface area contributed by atoms with Gasteiger partial charge in [-0.2, -0.15) is 0 Å². The van der Waals surface area contributed by atoms with Crippen LogP contribution in [-0.4, -0.2) is 24.4 Å². The van der Waals surface area contributed by atoms with Gasteiger partial charge in [0.1, 0.15) is 9.75 Å². The Bertz CT molecular complexity index is 725. The molecule has 0 saturated heterocycles. The van der Waals surface area contributed by atoms with Crippen molar-refractivity contribution in [1.82, 2.24) is 10.6 Å². The van der Waals surface area contributed by atoms with Crippen LogP contribution in [0.4, 0.5) is 0 Å². The van der Waals surface area contributed by atoms with Crippen LogP contribution in [0.5, 0.6) is 0 Å². The maximum absolute atomic E-state index is 12.3. The Morgan fingerprint density at radius 1 is 1.09 bits per heavy atom. The Morgan fingerprint density at radius 2 is 1.65 bits per heavy atom. The molecule has 2 aromatic rings. The maximum atomic E-state index is 12.3. The van der Waals surface area contributed by atoms with Crippen molar-refractivity contribution in [2.24, 2.45) is 5.92 Å². The van der Waals surface area contributed by atoms with Crippen molar-refractivity contribution in [3.63, 3.8) is 0 Å². The molecule has 2 aromatic heterocycles. The van der Waals surface area contributed by atoms with E-state index in [4.69, 9.17) is 0 Å². The first-order valence-electron chi connectivity index (χ1n) is 7.11. The predicted octanol–water partition coefficient (Wildman–Crippen LogP) is 4.27. The normalized spacial score (nSPS) is 15.2. The molecule has 0 bridgehead atoms. The fourth-order valence-corrected chi connectivity index (χ4v) is 5.18. The minimum Gasteiger partial charge on any atom is -0.349 e. The second-order valence-corrected chi connectivity index (χ2v) is 8.86. The summed E-state index contributed by atoms with van der Waals surface area (Å²) >= 11 is 9.55. The number of carbonyl (C=O) groups is 2. The van der Waals surface area contributed by atoms with Crippen molar-refractivity contribution < 1.29 is 9.59 Å². The van der Waals surface area contributed by atoms with Gasteiger partial charge in [-0.05, 0) is 73.5 Å². The smallest absolute Gasteiger partial charge is 0.262 e. The third kappa shape index (κ3) is 4.23. The lowest BCUT2D eigenvalue weighted by molar-refractivity contribution is 0.0907. The third-order valence-corrected chi connectivity index (χ3v) is 7.31. The number of rotatable bonds is 6. The molecular weight excluding hydrogens is 464 g/mol. The molecule has 2 heterocycles. The highest BCUT2D eigenvalue weighted by atomic mass is 79.9. The summed E-state index contributed by atoms with van der Waals surface area (Å²) < 4.78 is 1.61. The number of carbonyl (C=O) groups excluding carboxylic acids is 2. The van der Waals surface area contributed by atoms with Crippen molar-refractivity contribution in [2.45, 2.75) is 18.9 Å². The molecular formula is C15H14Br2N2O2S2. The number of halogens is 2. The molecule has 122 valence electrons. The molecule has 1 fully saturated rings. The van der Waals surface area contributed by atoms with Gasteiger partial charge in [0, 0.05) is 21.5 Å². The average Bonchev–Trinajstić information content (AvgIpc) is 3.14. The Labute approximate surface area is 158 Å². The fraction of sp³-hybridized carbons (Fsp3) is 0.333. The summed E-state index contributed by atoms with van der Waals surface area (Å²) in [7, 11) is 0. The first kappa shape index (κ1) is 17.1. The maximum Gasteiger partial charge on any atom is 0.262 e. The highest BCUT2D eigenvalue weighted by Gasteiger charge is 2.33. The van der Waals surface area contributed by atoms with Crippen LogP contribution >= 0.6 is 54.5 Å². The Hall–Kier alpha value is -0.700. The van der Waals surface area contributed by atoms with Gasteiger partial charge >= 0.3 is 0 Å². The van der Waals surface area contributed by atoms with Gasteiger partial charge in [-0.25, -0.2) is 0 Å². The monoisotopic (exact) mass is 476 g/mol. The van der Waals surface area contributed by atoms with E-state index in [2.05, 4.69) is 42.5 Å². The number of nitrogens with one attached hydrogen (secondary N) is 2. The topological polar surface area (TPSA) is 58.2 Å². The van der Waals surface area contributed by atoms with Crippen LogP contribution in [0.15, 0.2) is 31.8 Å². The zero-order chi connectivity index (χ0) is 16.4. The minimum absolute atomic E-state index is 0.0285. The van der Waals surface area contributed by atoms with Crippen molar-refractivity contribution >= 4 is 66.3 Å². The quantitative estimate of drug-likeness (QED) is 0.652. The van der Waals surface area contributed by atoms with E-state index in [1.807, 2.05) is 22.9 Å². The standard InChI is InChI=1S/C15H14Br2N2O2S2/c16-9-3-5-22-12(9)14(20)18-7-11(8-1-2-8)19-15(21)13-10(17)4-6-23-13/h3-6,8,11H,1-2,7H2,(H,18,20)(H,19,21). The highest BCUT2D eigenvalue weighted by Crippen LogP contribution is 2.33. The Morgan fingerprint density at radius 3 is 2.13 bits per heavy atom.